The molecule has 1 aromatic rings. The third-order valence-corrected chi connectivity index (χ3v) is 2.91. The molecule has 0 heterocycles. The van der Waals surface area contributed by atoms with Crippen LogP contribution in [0.4, 0.5) is 5.69 Å². The maximum atomic E-state index is 11.1. The second-order valence-corrected chi connectivity index (χ2v) is 5.70. The SMILES string of the molecule is CS(=O)(=O)Nc1cc([C@@H](O)CN=[N+]=[N-])ccc1Cl. The zero-order valence-corrected chi connectivity index (χ0v) is 11.0. The highest BCUT2D eigenvalue weighted by Crippen LogP contribution is 2.26. The molecule has 1 rings (SSSR count). The van der Waals surface area contributed by atoms with E-state index in [4.69, 9.17) is 17.1 Å². The third kappa shape index (κ3) is 4.42. The molecule has 0 aliphatic rings. The lowest BCUT2D eigenvalue weighted by Gasteiger charge is -2.12. The summed E-state index contributed by atoms with van der Waals surface area (Å²) in [6, 6.07) is 4.36. The molecule has 98 valence electrons. The number of nitrogens with zero attached hydrogens (tertiary/aromatic N) is 3. The Morgan fingerprint density at radius 2 is 2.28 bits per heavy atom. The molecule has 0 aromatic heterocycles. The van der Waals surface area contributed by atoms with Crippen molar-refractivity contribution in [3.05, 3.63) is 39.2 Å². The van der Waals surface area contributed by atoms with E-state index >= 15 is 0 Å². The smallest absolute Gasteiger partial charge is 0.229 e. The summed E-state index contributed by atoms with van der Waals surface area (Å²) in [5.74, 6) is 0. The van der Waals surface area contributed by atoms with Crippen LogP contribution < -0.4 is 4.72 Å². The fourth-order valence-electron chi connectivity index (χ4n) is 1.25. The van der Waals surface area contributed by atoms with Crippen LogP contribution in [0.25, 0.3) is 10.4 Å². The molecule has 1 aromatic carbocycles. The molecule has 9 heteroatoms. The number of hydrogen-bond acceptors (Lipinski definition) is 4. The van der Waals surface area contributed by atoms with E-state index in [-0.39, 0.29) is 17.3 Å². The van der Waals surface area contributed by atoms with Gasteiger partial charge in [0.1, 0.15) is 0 Å². The van der Waals surface area contributed by atoms with E-state index in [2.05, 4.69) is 14.7 Å². The van der Waals surface area contributed by atoms with Gasteiger partial charge in [0, 0.05) is 4.91 Å². The number of aliphatic hydroxyl groups is 1. The van der Waals surface area contributed by atoms with E-state index in [1.807, 2.05) is 0 Å². The maximum Gasteiger partial charge on any atom is 0.229 e. The summed E-state index contributed by atoms with van der Waals surface area (Å²) in [7, 11) is -3.46. The van der Waals surface area contributed by atoms with E-state index < -0.39 is 16.1 Å². The van der Waals surface area contributed by atoms with Crippen LogP contribution >= 0.6 is 11.6 Å². The quantitative estimate of drug-likeness (QED) is 0.491. The van der Waals surface area contributed by atoms with Crippen LogP contribution in [-0.4, -0.2) is 26.3 Å². The van der Waals surface area contributed by atoms with Crippen molar-refractivity contribution in [2.75, 3.05) is 17.5 Å². The van der Waals surface area contributed by atoms with Gasteiger partial charge in [-0.2, -0.15) is 0 Å². The Morgan fingerprint density at radius 3 is 2.83 bits per heavy atom. The first-order valence-electron chi connectivity index (χ1n) is 4.79. The molecule has 0 fully saturated rings. The van der Waals surface area contributed by atoms with Crippen LogP contribution in [0.15, 0.2) is 23.3 Å². The van der Waals surface area contributed by atoms with E-state index in [1.165, 1.54) is 18.2 Å². The van der Waals surface area contributed by atoms with Crippen molar-refractivity contribution < 1.29 is 13.5 Å². The number of sulfonamides is 1. The second kappa shape index (κ2) is 5.92. The molecule has 0 aliphatic carbocycles. The monoisotopic (exact) mass is 290 g/mol. The number of anilines is 1. The summed E-state index contributed by atoms with van der Waals surface area (Å²) in [6.07, 6.45) is -0.0230. The van der Waals surface area contributed by atoms with Crippen molar-refractivity contribution in [2.45, 2.75) is 6.10 Å². The largest absolute Gasteiger partial charge is 0.388 e. The van der Waals surface area contributed by atoms with Gasteiger partial charge in [-0.05, 0) is 23.2 Å². The number of nitrogens with one attached hydrogen (secondary N) is 1. The topological polar surface area (TPSA) is 115 Å². The van der Waals surface area contributed by atoms with Gasteiger partial charge in [0.15, 0.2) is 0 Å². The lowest BCUT2D eigenvalue weighted by atomic mass is 10.1. The Bertz CT molecular complexity index is 583. The first-order valence-corrected chi connectivity index (χ1v) is 7.06. The van der Waals surface area contributed by atoms with Gasteiger partial charge in [0.25, 0.3) is 0 Å². The van der Waals surface area contributed by atoms with Gasteiger partial charge < -0.3 is 5.11 Å². The Kier molecular flexibility index (Phi) is 4.80. The van der Waals surface area contributed by atoms with Crippen LogP contribution in [0.1, 0.15) is 11.7 Å². The van der Waals surface area contributed by atoms with Crippen LogP contribution in [0, 0.1) is 0 Å². The minimum Gasteiger partial charge on any atom is -0.388 e. The highest BCUT2D eigenvalue weighted by Gasteiger charge is 2.11. The average molecular weight is 291 g/mol. The van der Waals surface area contributed by atoms with Crippen LogP contribution in [-0.2, 0) is 10.0 Å². The molecule has 0 bridgehead atoms. The first-order chi connectivity index (χ1) is 8.33. The molecule has 2 N–H and O–H groups in total. The van der Waals surface area contributed by atoms with Crippen molar-refractivity contribution >= 4 is 27.3 Å². The lowest BCUT2D eigenvalue weighted by molar-refractivity contribution is 0.187. The number of azide groups is 1. The Balaban J connectivity index is 3.03. The highest BCUT2D eigenvalue weighted by atomic mass is 35.5. The van der Waals surface area contributed by atoms with Gasteiger partial charge in [0.05, 0.1) is 29.6 Å². The van der Waals surface area contributed by atoms with Gasteiger partial charge >= 0.3 is 0 Å². The van der Waals surface area contributed by atoms with Crippen LogP contribution in [0.5, 0.6) is 0 Å². The molecule has 18 heavy (non-hydrogen) atoms. The van der Waals surface area contributed by atoms with Crippen LogP contribution in [0.2, 0.25) is 5.02 Å². The van der Waals surface area contributed by atoms with Crippen LogP contribution in [0.3, 0.4) is 0 Å². The molecular weight excluding hydrogens is 280 g/mol. The summed E-state index contributed by atoms with van der Waals surface area (Å²) in [5, 5.41) is 13.1. The third-order valence-electron chi connectivity index (χ3n) is 1.99. The molecule has 7 nitrogen and oxygen atoms in total. The highest BCUT2D eigenvalue weighted by molar-refractivity contribution is 7.92. The van der Waals surface area contributed by atoms with Crippen molar-refractivity contribution in [1.29, 1.82) is 0 Å². The maximum absolute atomic E-state index is 11.1. The number of aliphatic hydroxyl groups excluding tert-OH is 1. The van der Waals surface area contributed by atoms with E-state index in [0.717, 1.165) is 6.26 Å². The molecule has 0 aliphatic heterocycles. The van der Waals surface area contributed by atoms with Gasteiger partial charge in [-0.15, -0.1) is 0 Å². The first kappa shape index (κ1) is 14.6. The Hall–Kier alpha value is -1.47. The molecule has 0 amide bonds. The van der Waals surface area contributed by atoms with E-state index in [1.54, 1.807) is 0 Å². The molecule has 0 saturated heterocycles. The number of hydrogen-bond donors (Lipinski definition) is 2. The fraction of sp³-hybridized carbons (Fsp3) is 0.333. The van der Waals surface area contributed by atoms with Crippen molar-refractivity contribution in [2.24, 2.45) is 5.11 Å². The summed E-state index contributed by atoms with van der Waals surface area (Å²) >= 11 is 5.82. The summed E-state index contributed by atoms with van der Waals surface area (Å²) in [4.78, 5) is 2.53. The standard InChI is InChI=1S/C9H11ClN4O3S/c1-18(16,17)13-8-4-6(2-3-7(8)10)9(15)5-12-14-11/h2-4,9,13,15H,5H2,1H3/t9-/m0/s1. The predicted molar refractivity (Wildman–Crippen MR) is 68.9 cm³/mol. The van der Waals surface area contributed by atoms with Gasteiger partial charge in [0.2, 0.25) is 10.0 Å². The predicted octanol–water partition coefficient (Wildman–Crippen LogP) is 2.06. The van der Waals surface area contributed by atoms with E-state index in [0.29, 0.717) is 5.56 Å². The minimum atomic E-state index is -3.46. The summed E-state index contributed by atoms with van der Waals surface area (Å²) < 4.78 is 24.4. The Morgan fingerprint density at radius 1 is 1.61 bits per heavy atom. The van der Waals surface area contributed by atoms with Gasteiger partial charge in [-0.1, -0.05) is 22.8 Å². The normalized spacial score (nSPS) is 12.6. The average Bonchev–Trinajstić information content (AvgIpc) is 2.27. The number of benzene rings is 1. The number of rotatable bonds is 5. The molecular formula is C9H11ClN4O3S. The summed E-state index contributed by atoms with van der Waals surface area (Å²) in [6.45, 7) is -0.142. The zero-order valence-electron chi connectivity index (χ0n) is 9.41. The molecule has 0 spiro atoms. The van der Waals surface area contributed by atoms with Gasteiger partial charge in [-0.25, -0.2) is 8.42 Å². The van der Waals surface area contributed by atoms with Gasteiger partial charge in [-0.3, -0.25) is 4.72 Å². The lowest BCUT2D eigenvalue weighted by Crippen LogP contribution is -2.11. The molecule has 0 saturated carbocycles. The molecule has 0 unspecified atom stereocenters. The second-order valence-electron chi connectivity index (χ2n) is 3.54. The molecule has 1 atom stereocenters. The van der Waals surface area contributed by atoms with Crippen molar-refractivity contribution in [3.63, 3.8) is 0 Å². The number of halogens is 1. The Labute approximate surface area is 109 Å². The summed E-state index contributed by atoms with van der Waals surface area (Å²) in [5.41, 5.74) is 8.71. The fourth-order valence-corrected chi connectivity index (χ4v) is 2.04. The van der Waals surface area contributed by atoms with E-state index in [9.17, 15) is 13.5 Å². The molecule has 0 radical (unpaired) electrons. The zero-order chi connectivity index (χ0) is 13.8. The minimum absolute atomic E-state index is 0.142. The van der Waals surface area contributed by atoms with Crippen molar-refractivity contribution in [1.82, 2.24) is 0 Å². The van der Waals surface area contributed by atoms with Crippen molar-refractivity contribution in [3.8, 4) is 0 Å².